The number of aromatic nitrogens is 10. The monoisotopic (exact) mass is 1400 g/mol. The normalized spacial score (nSPS) is 11.8. The van der Waals surface area contributed by atoms with Gasteiger partial charge in [0.15, 0.2) is 29.1 Å². The third-order valence-electron chi connectivity index (χ3n) is 21.8. The van der Waals surface area contributed by atoms with Gasteiger partial charge in [0.2, 0.25) is 5.95 Å². The molecule has 10 heteroatoms. The summed E-state index contributed by atoms with van der Waals surface area (Å²) < 4.78 is 9.55. The first-order valence-electron chi connectivity index (χ1n) is 37.2. The Hall–Kier alpha value is -15.0. The molecular formula is C100H62N10. The zero-order valence-electron chi connectivity index (χ0n) is 59.3. The van der Waals surface area contributed by atoms with Gasteiger partial charge in [-0.3, -0.25) is 4.57 Å². The lowest BCUT2D eigenvalue weighted by Crippen LogP contribution is -2.08. The molecule has 6 heterocycles. The second kappa shape index (κ2) is 25.4. The molecule has 0 saturated heterocycles. The summed E-state index contributed by atoms with van der Waals surface area (Å²) >= 11 is 0. The highest BCUT2D eigenvalue weighted by Crippen LogP contribution is 2.56. The highest BCUT2D eigenvalue weighted by Gasteiger charge is 2.34. The number of hydrogen-bond acceptors (Lipinski definition) is 6. The molecular weight excluding hydrogens is 1340 g/mol. The number of nitrogens with zero attached hydrogens (tertiary/aromatic N) is 10. The Bertz CT molecular complexity index is 7080. The summed E-state index contributed by atoms with van der Waals surface area (Å²) in [5.41, 5.74) is 29.2. The van der Waals surface area contributed by atoms with E-state index in [0.29, 0.717) is 35.1 Å². The molecule has 0 aliphatic heterocycles. The molecule has 2 aliphatic carbocycles. The lowest BCUT2D eigenvalue weighted by atomic mass is 9.95. The smallest absolute Gasteiger partial charge is 0.238 e. The fraction of sp³-hybridized carbons (Fsp3) is 0. The van der Waals surface area contributed by atoms with Crippen LogP contribution in [0.5, 0.6) is 0 Å². The summed E-state index contributed by atoms with van der Waals surface area (Å²) in [4.78, 5) is 30.5. The van der Waals surface area contributed by atoms with Crippen LogP contribution in [0.2, 0.25) is 0 Å². The number of benzene rings is 15. The van der Waals surface area contributed by atoms with E-state index in [-0.39, 0.29) is 0 Å². The summed E-state index contributed by atoms with van der Waals surface area (Å²) in [7, 11) is 0. The molecule has 0 bridgehead atoms. The van der Waals surface area contributed by atoms with Crippen molar-refractivity contribution < 1.29 is 0 Å². The van der Waals surface area contributed by atoms with Crippen molar-refractivity contribution in [1.29, 1.82) is 0 Å². The van der Waals surface area contributed by atoms with Gasteiger partial charge in [0.1, 0.15) is 0 Å². The number of hydrogen-bond donors (Lipinski definition) is 0. The van der Waals surface area contributed by atoms with Crippen LogP contribution in [0, 0.1) is 0 Å². The number of fused-ring (bicyclic) bond motifs is 4. The Morgan fingerprint density at radius 3 is 0.727 bits per heavy atom. The van der Waals surface area contributed by atoms with Crippen LogP contribution < -0.4 is 0 Å². The van der Waals surface area contributed by atoms with E-state index in [1.165, 1.54) is 98.9 Å². The van der Waals surface area contributed by atoms with Crippen molar-refractivity contribution >= 4 is 65.4 Å². The van der Waals surface area contributed by atoms with Crippen molar-refractivity contribution in [3.8, 4) is 147 Å². The van der Waals surface area contributed by atoms with Crippen molar-refractivity contribution in [2.75, 3.05) is 0 Å². The Morgan fingerprint density at radius 1 is 0.155 bits per heavy atom. The van der Waals surface area contributed by atoms with Crippen LogP contribution in [0.25, 0.3) is 212 Å². The van der Waals surface area contributed by atoms with Crippen LogP contribution in [0.3, 0.4) is 0 Å². The molecule has 0 spiro atoms. The quantitative estimate of drug-likeness (QED) is 0.128. The molecule has 0 unspecified atom stereocenters. The third-order valence-corrected chi connectivity index (χ3v) is 21.8. The summed E-state index contributed by atoms with van der Waals surface area (Å²) in [5, 5.41) is 7.52. The van der Waals surface area contributed by atoms with Crippen molar-refractivity contribution in [3.63, 3.8) is 0 Å². The van der Waals surface area contributed by atoms with Crippen LogP contribution >= 0.6 is 0 Å². The second-order valence-electron chi connectivity index (χ2n) is 28.0. The Morgan fingerprint density at radius 2 is 0.391 bits per heavy atom. The minimum atomic E-state index is 0.577. The average Bonchev–Trinajstić information content (AvgIpc) is 1.53. The van der Waals surface area contributed by atoms with Gasteiger partial charge in [0, 0.05) is 88.3 Å². The Balaban J connectivity index is 0.000000136. The average molecular weight is 1400 g/mol. The molecule has 0 saturated carbocycles. The maximum Gasteiger partial charge on any atom is 0.238 e. The minimum Gasteiger partial charge on any atom is -0.309 e. The Kier molecular flexibility index (Phi) is 14.4. The van der Waals surface area contributed by atoms with Crippen molar-refractivity contribution in [1.82, 2.24) is 48.2 Å². The van der Waals surface area contributed by atoms with E-state index in [2.05, 4.69) is 297 Å². The lowest BCUT2D eigenvalue weighted by molar-refractivity contribution is 0.938. The van der Waals surface area contributed by atoms with E-state index in [1.54, 1.807) is 0 Å². The highest BCUT2D eigenvalue weighted by molar-refractivity contribution is 6.31. The zero-order valence-corrected chi connectivity index (χ0v) is 59.3. The molecule has 15 aromatic carbocycles. The molecule has 512 valence electrons. The SMILES string of the molecule is c1ccc(-c2nc(-c3ccccc3)nc(-c3ccc(-n4c(-c5ccccc5)c5c6c(cccc64)-c4cccc6c4c4c-5cccc4n6-c4ccccc4)cc3)n2)cc1.c1ccc(-c2nc(-c3ccccc3)nc(-n3c(-c4ccccc4)c4c5c(cccc53)-c3cccc5c3c3c-4cccc3n5-c3ccccc3)n2)cc1. The van der Waals surface area contributed by atoms with Gasteiger partial charge in [-0.05, 0) is 129 Å². The molecule has 0 radical (unpaired) electrons. The number of para-hydroxylation sites is 2. The van der Waals surface area contributed by atoms with Crippen LogP contribution in [-0.2, 0) is 0 Å². The molecule has 0 N–H and O–H groups in total. The van der Waals surface area contributed by atoms with Crippen molar-refractivity contribution in [2.24, 2.45) is 0 Å². The second-order valence-corrected chi connectivity index (χ2v) is 28.0. The van der Waals surface area contributed by atoms with E-state index in [4.69, 9.17) is 29.9 Å². The van der Waals surface area contributed by atoms with Crippen LogP contribution in [0.1, 0.15) is 0 Å². The molecule has 0 atom stereocenters. The van der Waals surface area contributed by atoms with Gasteiger partial charge in [-0.1, -0.05) is 291 Å². The summed E-state index contributed by atoms with van der Waals surface area (Å²) in [6.45, 7) is 0. The van der Waals surface area contributed by atoms with Crippen LogP contribution in [-0.4, -0.2) is 48.2 Å². The zero-order chi connectivity index (χ0) is 72.3. The number of rotatable bonds is 11. The van der Waals surface area contributed by atoms with E-state index in [9.17, 15) is 0 Å². The van der Waals surface area contributed by atoms with Gasteiger partial charge in [0.05, 0.1) is 44.5 Å². The molecule has 21 aromatic rings. The van der Waals surface area contributed by atoms with Gasteiger partial charge in [-0.25, -0.2) is 19.9 Å². The minimum absolute atomic E-state index is 0.577. The fourth-order valence-corrected chi connectivity index (χ4v) is 17.3. The predicted molar refractivity (Wildman–Crippen MR) is 449 cm³/mol. The predicted octanol–water partition coefficient (Wildman–Crippen LogP) is 24.8. The molecule has 10 nitrogen and oxygen atoms in total. The molecule has 6 aromatic heterocycles. The molecule has 2 aliphatic rings. The van der Waals surface area contributed by atoms with Gasteiger partial charge >= 0.3 is 0 Å². The first kappa shape index (κ1) is 62.4. The molecule has 110 heavy (non-hydrogen) atoms. The first-order valence-corrected chi connectivity index (χ1v) is 37.2. The standard InChI is InChI=1S/C53H33N5.C47H29N5/c1-5-16-34(17-6-1)50-49-42-26-15-28-44-48(42)46-40(24-13-27-43(46)57(44)38-22-11-4-12-23-38)41-25-14-29-45(47(41)49)58(50)39-32-30-37(31-33-39)53-55-51(35-18-7-2-8-19-35)54-52(56-53)36-20-9-3-10-21-36;1-5-16-30(17-6-1)44-43-36-26-15-28-38-42(36)40-34(24-13-27-37(40)51(38)33-22-11-4-12-23-33)35-25-14-29-39(41(35)43)52(44)47-49-45(31-18-7-2-8-19-31)48-46(50-47)32-20-9-3-10-21-32/h1-33H;1-29H. The Labute approximate surface area is 632 Å². The van der Waals surface area contributed by atoms with E-state index in [1.807, 2.05) is 97.1 Å². The lowest BCUT2D eigenvalue weighted by Gasteiger charge is -2.15. The van der Waals surface area contributed by atoms with E-state index < -0.39 is 0 Å². The highest BCUT2D eigenvalue weighted by atomic mass is 15.2. The van der Waals surface area contributed by atoms with Crippen molar-refractivity contribution in [3.05, 3.63) is 376 Å². The summed E-state index contributed by atoms with van der Waals surface area (Å²) in [6.07, 6.45) is 0. The maximum atomic E-state index is 5.27. The van der Waals surface area contributed by atoms with Crippen molar-refractivity contribution in [2.45, 2.75) is 0 Å². The van der Waals surface area contributed by atoms with Gasteiger partial charge in [0.25, 0.3) is 0 Å². The van der Waals surface area contributed by atoms with E-state index >= 15 is 0 Å². The first-order chi connectivity index (χ1) is 54.6. The molecule has 0 amide bonds. The van der Waals surface area contributed by atoms with Crippen LogP contribution in [0.15, 0.2) is 376 Å². The van der Waals surface area contributed by atoms with Gasteiger partial charge < -0.3 is 13.7 Å². The molecule has 23 rings (SSSR count). The fourth-order valence-electron chi connectivity index (χ4n) is 17.3. The van der Waals surface area contributed by atoms with Crippen LogP contribution in [0.4, 0.5) is 0 Å². The summed E-state index contributed by atoms with van der Waals surface area (Å²) in [5.74, 6) is 3.76. The topological polar surface area (TPSA) is 97.1 Å². The third kappa shape index (κ3) is 9.83. The largest absolute Gasteiger partial charge is 0.309 e. The molecule has 0 fully saturated rings. The van der Waals surface area contributed by atoms with Gasteiger partial charge in [-0.2, -0.15) is 9.97 Å². The van der Waals surface area contributed by atoms with Gasteiger partial charge in [-0.15, -0.1) is 0 Å². The summed E-state index contributed by atoms with van der Waals surface area (Å²) in [6, 6.07) is 133. The van der Waals surface area contributed by atoms with E-state index in [0.717, 1.165) is 78.4 Å². The maximum absolute atomic E-state index is 5.27.